The van der Waals surface area contributed by atoms with Crippen LogP contribution in [0.1, 0.15) is 10.4 Å². The van der Waals surface area contributed by atoms with Crippen LogP contribution in [0.5, 0.6) is 0 Å². The number of fused-ring (bicyclic) bond motifs is 1. The highest BCUT2D eigenvalue weighted by Gasteiger charge is 2.11. The van der Waals surface area contributed by atoms with Gasteiger partial charge in [0.15, 0.2) is 5.58 Å². The second-order valence-corrected chi connectivity index (χ2v) is 4.30. The zero-order valence-corrected chi connectivity index (χ0v) is 11.0. The van der Waals surface area contributed by atoms with Crippen LogP contribution < -0.4 is 5.32 Å². The molecule has 5 nitrogen and oxygen atoms in total. The summed E-state index contributed by atoms with van der Waals surface area (Å²) < 4.78 is 5.63. The highest BCUT2D eigenvalue weighted by atomic mass is 16.3. The summed E-state index contributed by atoms with van der Waals surface area (Å²) in [5.41, 5.74) is 2.33. The third-order valence-electron chi connectivity index (χ3n) is 2.88. The summed E-state index contributed by atoms with van der Waals surface area (Å²) in [6.07, 6.45) is 6.78. The van der Waals surface area contributed by atoms with Crippen LogP contribution in [0.3, 0.4) is 0 Å². The molecule has 0 radical (unpaired) electrons. The molecule has 0 saturated heterocycles. The number of terminal acetylenes is 1. The Labute approximate surface area is 121 Å². The van der Waals surface area contributed by atoms with Gasteiger partial charge in [-0.2, -0.15) is 0 Å². The van der Waals surface area contributed by atoms with Crippen molar-refractivity contribution in [2.24, 2.45) is 0 Å². The third-order valence-corrected chi connectivity index (χ3v) is 2.88. The highest BCUT2D eigenvalue weighted by molar-refractivity contribution is 5.97. The van der Waals surface area contributed by atoms with Crippen LogP contribution >= 0.6 is 0 Å². The van der Waals surface area contributed by atoms with Gasteiger partial charge in [-0.15, -0.1) is 6.42 Å². The lowest BCUT2D eigenvalue weighted by Gasteiger charge is -2.00. The predicted octanol–water partition coefficient (Wildman–Crippen LogP) is 2.25. The van der Waals surface area contributed by atoms with Gasteiger partial charge >= 0.3 is 0 Å². The molecule has 102 valence electrons. The first-order valence-electron chi connectivity index (χ1n) is 6.31. The van der Waals surface area contributed by atoms with Gasteiger partial charge in [0.1, 0.15) is 11.2 Å². The molecule has 0 spiro atoms. The van der Waals surface area contributed by atoms with E-state index in [0.29, 0.717) is 28.2 Å². The van der Waals surface area contributed by atoms with Crippen LogP contribution in [-0.4, -0.2) is 22.4 Å². The molecule has 3 rings (SSSR count). The van der Waals surface area contributed by atoms with E-state index in [1.807, 2.05) is 18.2 Å². The molecule has 2 aromatic heterocycles. The molecular weight excluding hydrogens is 266 g/mol. The van der Waals surface area contributed by atoms with E-state index in [0.717, 1.165) is 0 Å². The molecule has 0 atom stereocenters. The number of pyridine rings is 1. The van der Waals surface area contributed by atoms with E-state index in [2.05, 4.69) is 21.2 Å². The molecule has 0 fully saturated rings. The topological polar surface area (TPSA) is 68.0 Å². The second-order valence-electron chi connectivity index (χ2n) is 4.30. The van der Waals surface area contributed by atoms with Crippen molar-refractivity contribution in [1.29, 1.82) is 0 Å². The molecule has 3 aromatic rings. The van der Waals surface area contributed by atoms with Crippen molar-refractivity contribution < 1.29 is 9.21 Å². The third kappa shape index (κ3) is 2.60. The Kier molecular flexibility index (Phi) is 3.36. The van der Waals surface area contributed by atoms with E-state index in [4.69, 9.17) is 10.8 Å². The monoisotopic (exact) mass is 277 g/mol. The molecule has 2 heterocycles. The lowest BCUT2D eigenvalue weighted by Crippen LogP contribution is -2.23. The summed E-state index contributed by atoms with van der Waals surface area (Å²) in [4.78, 5) is 20.4. The normalized spacial score (nSPS) is 10.2. The summed E-state index contributed by atoms with van der Waals surface area (Å²) >= 11 is 0. The van der Waals surface area contributed by atoms with E-state index in [9.17, 15) is 4.79 Å². The van der Waals surface area contributed by atoms with Crippen molar-refractivity contribution in [3.63, 3.8) is 0 Å². The zero-order chi connectivity index (χ0) is 14.7. The number of benzene rings is 1. The van der Waals surface area contributed by atoms with Crippen LogP contribution in [0.2, 0.25) is 0 Å². The van der Waals surface area contributed by atoms with Gasteiger partial charge in [0.25, 0.3) is 5.91 Å². The largest absolute Gasteiger partial charge is 0.435 e. The van der Waals surface area contributed by atoms with Gasteiger partial charge in [-0.1, -0.05) is 12.0 Å². The summed E-state index contributed by atoms with van der Waals surface area (Å²) in [7, 11) is 0. The fourth-order valence-electron chi connectivity index (χ4n) is 1.90. The summed E-state index contributed by atoms with van der Waals surface area (Å²) in [5.74, 6) is 2.54. The van der Waals surface area contributed by atoms with Crippen LogP contribution in [0.25, 0.3) is 22.7 Å². The fourth-order valence-corrected chi connectivity index (χ4v) is 1.90. The van der Waals surface area contributed by atoms with Crippen molar-refractivity contribution in [2.45, 2.75) is 0 Å². The van der Waals surface area contributed by atoms with E-state index in [1.54, 1.807) is 24.4 Å². The van der Waals surface area contributed by atoms with Gasteiger partial charge in [0.05, 0.1) is 6.54 Å². The van der Waals surface area contributed by atoms with Crippen molar-refractivity contribution in [1.82, 2.24) is 15.3 Å². The maximum absolute atomic E-state index is 11.8. The maximum atomic E-state index is 11.8. The Hall–Kier alpha value is -3.13. The van der Waals surface area contributed by atoms with Gasteiger partial charge in [0.2, 0.25) is 5.89 Å². The first-order chi connectivity index (χ1) is 10.3. The van der Waals surface area contributed by atoms with E-state index in [1.165, 1.54) is 0 Å². The molecule has 0 aliphatic rings. The molecule has 0 unspecified atom stereocenters. The molecule has 0 aliphatic carbocycles. The molecule has 0 bridgehead atoms. The average molecular weight is 277 g/mol. The zero-order valence-electron chi connectivity index (χ0n) is 11.0. The number of carbonyl (C=O) groups excluding carboxylic acids is 1. The molecule has 5 heteroatoms. The maximum Gasteiger partial charge on any atom is 0.252 e. The highest BCUT2D eigenvalue weighted by Crippen LogP contribution is 2.23. The number of amides is 1. The number of hydrogen-bond acceptors (Lipinski definition) is 4. The molecule has 0 saturated carbocycles. The van der Waals surface area contributed by atoms with Gasteiger partial charge in [0, 0.05) is 11.8 Å². The Morgan fingerprint density at radius 2 is 2.24 bits per heavy atom. The van der Waals surface area contributed by atoms with E-state index >= 15 is 0 Å². The van der Waals surface area contributed by atoms with Crippen molar-refractivity contribution in [2.75, 3.05) is 6.54 Å². The lowest BCUT2D eigenvalue weighted by atomic mass is 10.2. The van der Waals surface area contributed by atoms with E-state index in [-0.39, 0.29) is 12.5 Å². The number of carbonyl (C=O) groups is 1. The minimum Gasteiger partial charge on any atom is -0.435 e. The second kappa shape index (κ2) is 5.47. The van der Waals surface area contributed by atoms with Crippen molar-refractivity contribution >= 4 is 17.0 Å². The molecule has 0 aliphatic heterocycles. The minimum absolute atomic E-state index is 0.189. The first-order valence-corrected chi connectivity index (χ1v) is 6.31. The lowest BCUT2D eigenvalue weighted by molar-refractivity contribution is 0.0959. The molecule has 21 heavy (non-hydrogen) atoms. The van der Waals surface area contributed by atoms with Gasteiger partial charge in [-0.05, 0) is 30.3 Å². The predicted molar refractivity (Wildman–Crippen MR) is 78.4 cm³/mol. The smallest absolute Gasteiger partial charge is 0.252 e. The fraction of sp³-hybridized carbons (Fsp3) is 0.0625. The number of nitrogens with zero attached hydrogens (tertiary/aromatic N) is 2. The Bertz CT molecular complexity index is 832. The molecule has 1 amide bonds. The Balaban J connectivity index is 1.96. The summed E-state index contributed by atoms with van der Waals surface area (Å²) in [5, 5.41) is 2.61. The van der Waals surface area contributed by atoms with Crippen LogP contribution in [0.4, 0.5) is 0 Å². The Morgan fingerprint density at radius 1 is 1.33 bits per heavy atom. The summed E-state index contributed by atoms with van der Waals surface area (Å²) in [6, 6.07) is 10.5. The molecular formula is C16H11N3O2. The van der Waals surface area contributed by atoms with Crippen molar-refractivity contribution in [3.8, 4) is 23.9 Å². The molecule has 1 aromatic carbocycles. The number of oxazole rings is 1. The van der Waals surface area contributed by atoms with Crippen LogP contribution in [0, 0.1) is 12.3 Å². The van der Waals surface area contributed by atoms with Crippen LogP contribution in [0.15, 0.2) is 47.0 Å². The number of aromatic nitrogens is 2. The summed E-state index contributed by atoms with van der Waals surface area (Å²) in [6.45, 7) is 0.189. The van der Waals surface area contributed by atoms with E-state index < -0.39 is 0 Å². The van der Waals surface area contributed by atoms with Crippen LogP contribution in [-0.2, 0) is 0 Å². The average Bonchev–Trinajstić information content (AvgIpc) is 2.96. The molecule has 1 N–H and O–H groups in total. The SMILES string of the molecule is C#CCNC(=O)c1ccc2oc(-c3ccccn3)nc2c1. The number of rotatable bonds is 3. The number of nitrogens with one attached hydrogen (secondary N) is 1. The van der Waals surface area contributed by atoms with Crippen molar-refractivity contribution in [3.05, 3.63) is 48.2 Å². The van der Waals surface area contributed by atoms with Gasteiger partial charge in [-0.25, -0.2) is 4.98 Å². The number of hydrogen-bond donors (Lipinski definition) is 1. The Morgan fingerprint density at radius 3 is 3.00 bits per heavy atom. The quantitative estimate of drug-likeness (QED) is 0.746. The standard InChI is InChI=1S/C16H11N3O2/c1-2-8-18-15(20)11-6-7-14-13(10-11)19-16(21-14)12-5-3-4-9-17-12/h1,3-7,9-10H,8H2,(H,18,20). The minimum atomic E-state index is -0.239. The first kappa shape index (κ1) is 12.9. The van der Waals surface area contributed by atoms with Gasteiger partial charge < -0.3 is 9.73 Å². The van der Waals surface area contributed by atoms with Gasteiger partial charge in [-0.3, -0.25) is 9.78 Å².